The lowest BCUT2D eigenvalue weighted by Gasteiger charge is -2.15. The van der Waals surface area contributed by atoms with Gasteiger partial charge in [0.05, 0.1) is 13.2 Å². The fraction of sp³-hybridized carbons (Fsp3) is 0.231. The van der Waals surface area contributed by atoms with Crippen LogP contribution in [0, 0.1) is 5.82 Å². The van der Waals surface area contributed by atoms with Crippen LogP contribution in [0.5, 0.6) is 5.75 Å². The van der Waals surface area contributed by atoms with E-state index in [1.807, 2.05) is 0 Å². The summed E-state index contributed by atoms with van der Waals surface area (Å²) in [6.45, 7) is 0. The van der Waals surface area contributed by atoms with Crippen molar-refractivity contribution in [2.45, 2.75) is 12.5 Å². The van der Waals surface area contributed by atoms with Crippen molar-refractivity contribution in [1.82, 2.24) is 15.4 Å². The fourth-order valence-corrected chi connectivity index (χ4v) is 1.81. The van der Waals surface area contributed by atoms with Crippen molar-refractivity contribution < 1.29 is 9.13 Å². The lowest BCUT2D eigenvalue weighted by Crippen LogP contribution is -2.31. The van der Waals surface area contributed by atoms with Gasteiger partial charge in [0.15, 0.2) is 11.6 Å². The quantitative estimate of drug-likeness (QED) is 0.629. The zero-order valence-electron chi connectivity index (χ0n) is 10.5. The van der Waals surface area contributed by atoms with Gasteiger partial charge in [-0.2, -0.15) is 0 Å². The highest BCUT2D eigenvalue weighted by molar-refractivity contribution is 5.31. The average Bonchev–Trinajstić information content (AvgIpc) is 2.47. The molecular weight excluding hydrogens is 247 g/mol. The van der Waals surface area contributed by atoms with Crippen molar-refractivity contribution in [3.8, 4) is 5.75 Å². The molecule has 1 aromatic carbocycles. The second-order valence-corrected chi connectivity index (χ2v) is 3.96. The number of nitrogens with two attached hydrogens (primary N) is 1. The molecule has 0 aliphatic heterocycles. The van der Waals surface area contributed by atoms with Crippen LogP contribution in [0.15, 0.2) is 36.7 Å². The first-order valence-corrected chi connectivity index (χ1v) is 5.80. The Morgan fingerprint density at radius 3 is 2.68 bits per heavy atom. The molecule has 0 amide bonds. The third-order valence-corrected chi connectivity index (χ3v) is 2.79. The molecule has 1 atom stereocenters. The number of methoxy groups -OCH3 is 1. The number of nitrogens with zero attached hydrogens (tertiary/aromatic N) is 2. The third kappa shape index (κ3) is 3.04. The van der Waals surface area contributed by atoms with Crippen molar-refractivity contribution >= 4 is 0 Å². The Morgan fingerprint density at radius 2 is 2.05 bits per heavy atom. The minimum atomic E-state index is -0.388. The molecular formula is C13H15FN4O. The maximum Gasteiger partial charge on any atom is 0.168 e. The van der Waals surface area contributed by atoms with Crippen molar-refractivity contribution in [2.75, 3.05) is 7.11 Å². The highest BCUT2D eigenvalue weighted by atomic mass is 19.1. The molecule has 0 aliphatic rings. The van der Waals surface area contributed by atoms with Gasteiger partial charge in [-0.05, 0) is 24.1 Å². The summed E-state index contributed by atoms with van der Waals surface area (Å²) in [7, 11) is 1.43. The SMILES string of the molecule is COc1cccc(CC(NN)c2ncccn2)c1F. The van der Waals surface area contributed by atoms with Crippen LogP contribution in [-0.2, 0) is 6.42 Å². The van der Waals surface area contributed by atoms with Gasteiger partial charge in [-0.3, -0.25) is 5.84 Å². The maximum absolute atomic E-state index is 14.1. The Balaban J connectivity index is 2.24. The minimum Gasteiger partial charge on any atom is -0.494 e. The monoisotopic (exact) mass is 262 g/mol. The van der Waals surface area contributed by atoms with Gasteiger partial charge < -0.3 is 4.74 Å². The number of hydrogen-bond donors (Lipinski definition) is 2. The lowest BCUT2D eigenvalue weighted by atomic mass is 10.0. The van der Waals surface area contributed by atoms with Crippen LogP contribution >= 0.6 is 0 Å². The summed E-state index contributed by atoms with van der Waals surface area (Å²) in [6, 6.07) is 6.34. The Morgan fingerprint density at radius 1 is 1.32 bits per heavy atom. The van der Waals surface area contributed by atoms with E-state index in [0.717, 1.165) is 0 Å². The third-order valence-electron chi connectivity index (χ3n) is 2.79. The molecule has 100 valence electrons. The Bertz CT molecular complexity index is 535. The van der Waals surface area contributed by atoms with Crippen molar-refractivity contribution in [3.05, 3.63) is 53.9 Å². The minimum absolute atomic E-state index is 0.210. The molecule has 0 aliphatic carbocycles. The molecule has 0 bridgehead atoms. The van der Waals surface area contributed by atoms with E-state index in [-0.39, 0.29) is 17.6 Å². The van der Waals surface area contributed by atoms with Gasteiger partial charge in [0.1, 0.15) is 5.82 Å². The first-order valence-electron chi connectivity index (χ1n) is 5.80. The van der Waals surface area contributed by atoms with Crippen LogP contribution in [0.3, 0.4) is 0 Å². The molecule has 0 radical (unpaired) electrons. The molecule has 0 saturated carbocycles. The van der Waals surface area contributed by atoms with Gasteiger partial charge in [-0.25, -0.2) is 19.8 Å². The summed E-state index contributed by atoms with van der Waals surface area (Å²) in [5.41, 5.74) is 3.09. The van der Waals surface area contributed by atoms with Gasteiger partial charge in [0.25, 0.3) is 0 Å². The first-order chi connectivity index (χ1) is 9.26. The van der Waals surface area contributed by atoms with Crippen molar-refractivity contribution in [1.29, 1.82) is 0 Å². The lowest BCUT2D eigenvalue weighted by molar-refractivity contribution is 0.382. The Hall–Kier alpha value is -2.05. The van der Waals surface area contributed by atoms with E-state index in [1.165, 1.54) is 7.11 Å². The molecule has 2 aromatic rings. The summed E-state index contributed by atoms with van der Waals surface area (Å²) in [5, 5.41) is 0. The normalized spacial score (nSPS) is 12.2. The smallest absolute Gasteiger partial charge is 0.168 e. The maximum atomic E-state index is 14.1. The van der Waals surface area contributed by atoms with Crippen molar-refractivity contribution in [3.63, 3.8) is 0 Å². The topological polar surface area (TPSA) is 73.1 Å². The van der Waals surface area contributed by atoms with Gasteiger partial charge in [-0.1, -0.05) is 12.1 Å². The van der Waals surface area contributed by atoms with Crippen LogP contribution in [0.25, 0.3) is 0 Å². The second-order valence-electron chi connectivity index (χ2n) is 3.96. The van der Waals surface area contributed by atoms with E-state index < -0.39 is 0 Å². The highest BCUT2D eigenvalue weighted by Crippen LogP contribution is 2.23. The first kappa shape index (κ1) is 13.4. The molecule has 0 saturated heterocycles. The zero-order valence-corrected chi connectivity index (χ0v) is 10.5. The van der Waals surface area contributed by atoms with E-state index in [9.17, 15) is 4.39 Å². The number of ether oxygens (including phenoxy) is 1. The van der Waals surface area contributed by atoms with Crippen LogP contribution in [0.1, 0.15) is 17.4 Å². The van der Waals surface area contributed by atoms with Gasteiger partial charge in [0, 0.05) is 12.4 Å². The van der Waals surface area contributed by atoms with E-state index in [1.54, 1.807) is 36.7 Å². The molecule has 1 heterocycles. The fourth-order valence-electron chi connectivity index (χ4n) is 1.81. The second kappa shape index (κ2) is 6.21. The number of aromatic nitrogens is 2. The number of benzene rings is 1. The van der Waals surface area contributed by atoms with Crippen LogP contribution in [0.4, 0.5) is 4.39 Å². The van der Waals surface area contributed by atoms with E-state index in [4.69, 9.17) is 10.6 Å². The Labute approximate surface area is 110 Å². The van der Waals surface area contributed by atoms with Crippen LogP contribution in [0.2, 0.25) is 0 Å². The largest absolute Gasteiger partial charge is 0.494 e. The molecule has 3 N–H and O–H groups in total. The number of nitrogens with one attached hydrogen (secondary N) is 1. The highest BCUT2D eigenvalue weighted by Gasteiger charge is 2.17. The van der Waals surface area contributed by atoms with Crippen LogP contribution in [-0.4, -0.2) is 17.1 Å². The zero-order chi connectivity index (χ0) is 13.7. The summed E-state index contributed by atoms with van der Waals surface area (Å²) < 4.78 is 19.0. The van der Waals surface area contributed by atoms with Crippen LogP contribution < -0.4 is 16.0 Å². The molecule has 1 aromatic heterocycles. The molecule has 0 spiro atoms. The number of rotatable bonds is 5. The molecule has 0 fully saturated rings. The summed E-state index contributed by atoms with van der Waals surface area (Å²) in [5.74, 6) is 5.83. The van der Waals surface area contributed by atoms with Gasteiger partial charge >= 0.3 is 0 Å². The van der Waals surface area contributed by atoms with E-state index in [0.29, 0.717) is 17.8 Å². The van der Waals surface area contributed by atoms with Crippen molar-refractivity contribution in [2.24, 2.45) is 5.84 Å². The van der Waals surface area contributed by atoms with Gasteiger partial charge in [-0.15, -0.1) is 0 Å². The molecule has 6 heteroatoms. The molecule has 19 heavy (non-hydrogen) atoms. The number of hydrazine groups is 1. The molecule has 2 rings (SSSR count). The summed E-state index contributed by atoms with van der Waals surface area (Å²) in [4.78, 5) is 8.22. The number of hydrogen-bond acceptors (Lipinski definition) is 5. The summed E-state index contributed by atoms with van der Waals surface area (Å²) in [6.07, 6.45) is 3.58. The average molecular weight is 262 g/mol. The Kier molecular flexibility index (Phi) is 4.38. The van der Waals surface area contributed by atoms with E-state index >= 15 is 0 Å². The number of halogens is 1. The predicted molar refractivity (Wildman–Crippen MR) is 68.8 cm³/mol. The molecule has 5 nitrogen and oxygen atoms in total. The predicted octanol–water partition coefficient (Wildman–Crippen LogP) is 1.37. The molecule has 1 unspecified atom stereocenters. The van der Waals surface area contributed by atoms with E-state index in [2.05, 4.69) is 15.4 Å². The van der Waals surface area contributed by atoms with Gasteiger partial charge in [0.2, 0.25) is 0 Å². The summed E-state index contributed by atoms with van der Waals surface area (Å²) >= 11 is 0. The standard InChI is InChI=1S/C13H15FN4O/c1-19-11-5-2-4-9(12(11)14)8-10(18-15)13-16-6-3-7-17-13/h2-7,10,18H,8,15H2,1H3.